The number of rotatable bonds is 2. The van der Waals surface area contributed by atoms with Crippen LogP contribution in [0.2, 0.25) is 10.0 Å². The Balaban J connectivity index is 2.53. The van der Waals surface area contributed by atoms with Gasteiger partial charge in [0.15, 0.2) is 0 Å². The molecule has 1 fully saturated rings. The molecule has 1 unspecified atom stereocenters. The second-order valence-electron chi connectivity index (χ2n) is 3.91. The molecular formula is C10H8Cl2F3N. The molecule has 2 N–H and O–H groups in total. The summed E-state index contributed by atoms with van der Waals surface area (Å²) in [5.41, 5.74) is 3.84. The van der Waals surface area contributed by atoms with E-state index in [0.29, 0.717) is 0 Å². The molecule has 88 valence electrons. The van der Waals surface area contributed by atoms with E-state index in [1.165, 1.54) is 0 Å². The van der Waals surface area contributed by atoms with Crippen LogP contribution in [-0.2, 0) is 5.41 Å². The topological polar surface area (TPSA) is 26.0 Å². The molecule has 6 heteroatoms. The van der Waals surface area contributed by atoms with E-state index in [4.69, 9.17) is 28.9 Å². The number of alkyl halides is 2. The Morgan fingerprint density at radius 2 is 1.81 bits per heavy atom. The lowest BCUT2D eigenvalue weighted by atomic mass is 9.95. The van der Waals surface area contributed by atoms with Crippen molar-refractivity contribution < 1.29 is 13.2 Å². The van der Waals surface area contributed by atoms with Crippen molar-refractivity contribution in [2.75, 3.05) is 6.54 Å². The highest BCUT2D eigenvalue weighted by Gasteiger charge is 2.71. The van der Waals surface area contributed by atoms with Gasteiger partial charge >= 0.3 is 0 Å². The highest BCUT2D eigenvalue weighted by Crippen LogP contribution is 2.62. The highest BCUT2D eigenvalue weighted by molar-refractivity contribution is 6.35. The summed E-state index contributed by atoms with van der Waals surface area (Å²) in [4.78, 5) is 0. The predicted octanol–water partition coefficient (Wildman–Crippen LogP) is 3.37. The van der Waals surface area contributed by atoms with E-state index in [2.05, 4.69) is 0 Å². The molecule has 0 bridgehead atoms. The lowest BCUT2D eigenvalue weighted by Crippen LogP contribution is -2.27. The van der Waals surface area contributed by atoms with E-state index < -0.39 is 23.6 Å². The Hall–Kier alpha value is -0.450. The molecule has 0 saturated heterocycles. The maximum atomic E-state index is 13.3. The molecule has 0 aromatic heterocycles. The van der Waals surface area contributed by atoms with Crippen molar-refractivity contribution in [1.82, 2.24) is 0 Å². The van der Waals surface area contributed by atoms with Crippen LogP contribution in [0, 0.1) is 5.82 Å². The molecule has 1 nitrogen and oxygen atoms in total. The first-order valence-electron chi connectivity index (χ1n) is 4.57. The molecular weight excluding hydrogens is 262 g/mol. The minimum absolute atomic E-state index is 0.0222. The van der Waals surface area contributed by atoms with Gasteiger partial charge in [-0.2, -0.15) is 0 Å². The summed E-state index contributed by atoms with van der Waals surface area (Å²) in [6.07, 6.45) is -0.405. The van der Waals surface area contributed by atoms with Crippen molar-refractivity contribution in [1.29, 1.82) is 0 Å². The molecule has 0 amide bonds. The van der Waals surface area contributed by atoms with Crippen molar-refractivity contribution in [3.63, 3.8) is 0 Å². The number of hydrogen-bond donors (Lipinski definition) is 1. The summed E-state index contributed by atoms with van der Waals surface area (Å²) in [7, 11) is 0. The third-order valence-electron chi connectivity index (χ3n) is 2.97. The van der Waals surface area contributed by atoms with Crippen LogP contribution in [0.3, 0.4) is 0 Å². The molecule has 0 aliphatic heterocycles. The lowest BCUT2D eigenvalue weighted by Gasteiger charge is -2.16. The van der Waals surface area contributed by atoms with Gasteiger partial charge in [-0.25, -0.2) is 13.2 Å². The fraction of sp³-hybridized carbons (Fsp3) is 0.400. The predicted molar refractivity (Wildman–Crippen MR) is 56.7 cm³/mol. The van der Waals surface area contributed by atoms with Crippen molar-refractivity contribution in [2.24, 2.45) is 5.73 Å². The molecule has 2 rings (SSSR count). The van der Waals surface area contributed by atoms with E-state index in [0.717, 1.165) is 12.1 Å². The summed E-state index contributed by atoms with van der Waals surface area (Å²) in [5.74, 6) is -3.69. The fourth-order valence-electron chi connectivity index (χ4n) is 1.85. The minimum atomic E-state index is -2.92. The van der Waals surface area contributed by atoms with Crippen molar-refractivity contribution in [2.45, 2.75) is 17.8 Å². The van der Waals surface area contributed by atoms with Gasteiger partial charge in [-0.05, 0) is 17.7 Å². The number of benzene rings is 1. The zero-order chi connectivity index (χ0) is 12.1. The summed E-state index contributed by atoms with van der Waals surface area (Å²) in [6, 6.07) is 2.07. The Morgan fingerprint density at radius 1 is 1.25 bits per heavy atom. The van der Waals surface area contributed by atoms with E-state index in [9.17, 15) is 13.2 Å². The molecule has 1 saturated carbocycles. The van der Waals surface area contributed by atoms with Crippen molar-refractivity contribution in [3.8, 4) is 0 Å². The van der Waals surface area contributed by atoms with E-state index in [1.807, 2.05) is 0 Å². The van der Waals surface area contributed by atoms with Gasteiger partial charge in [0.1, 0.15) is 5.82 Å². The van der Waals surface area contributed by atoms with Crippen LogP contribution in [0.25, 0.3) is 0 Å². The number of halogens is 5. The molecule has 0 spiro atoms. The molecule has 1 aliphatic rings. The first-order valence-corrected chi connectivity index (χ1v) is 5.32. The Morgan fingerprint density at radius 3 is 2.25 bits per heavy atom. The molecule has 1 aliphatic carbocycles. The van der Waals surface area contributed by atoms with Gasteiger partial charge in [0, 0.05) is 18.0 Å². The quantitative estimate of drug-likeness (QED) is 0.819. The Bertz CT molecular complexity index is 450. The second-order valence-corrected chi connectivity index (χ2v) is 4.73. The highest BCUT2D eigenvalue weighted by atomic mass is 35.5. The number of nitrogens with two attached hydrogens (primary N) is 1. The first kappa shape index (κ1) is 12.0. The van der Waals surface area contributed by atoms with Gasteiger partial charge < -0.3 is 5.73 Å². The number of hydrogen-bond acceptors (Lipinski definition) is 1. The lowest BCUT2D eigenvalue weighted by molar-refractivity contribution is 0.0896. The molecule has 0 radical (unpaired) electrons. The average molecular weight is 270 g/mol. The Kier molecular flexibility index (Phi) is 2.64. The summed E-state index contributed by atoms with van der Waals surface area (Å²) < 4.78 is 39.7. The normalized spacial score (nSPS) is 26.9. The molecule has 16 heavy (non-hydrogen) atoms. The van der Waals surface area contributed by atoms with Crippen LogP contribution in [0.4, 0.5) is 13.2 Å². The maximum absolute atomic E-state index is 13.3. The van der Waals surface area contributed by atoms with Crippen LogP contribution >= 0.6 is 23.2 Å². The van der Waals surface area contributed by atoms with Gasteiger partial charge in [-0.15, -0.1) is 0 Å². The van der Waals surface area contributed by atoms with E-state index >= 15 is 0 Å². The molecule has 1 aromatic rings. The molecule has 0 heterocycles. The van der Waals surface area contributed by atoms with Crippen molar-refractivity contribution in [3.05, 3.63) is 33.6 Å². The first-order chi connectivity index (χ1) is 7.34. The third-order valence-corrected chi connectivity index (χ3v) is 3.58. The Labute approximate surface area is 100 Å². The van der Waals surface area contributed by atoms with Gasteiger partial charge in [-0.3, -0.25) is 0 Å². The van der Waals surface area contributed by atoms with Gasteiger partial charge in [0.25, 0.3) is 5.92 Å². The zero-order valence-corrected chi connectivity index (χ0v) is 9.55. The van der Waals surface area contributed by atoms with Crippen molar-refractivity contribution >= 4 is 23.2 Å². The standard InChI is InChI=1S/C10H8Cl2F3N/c11-6-2-7(12)8(13)1-5(6)9(4-16)3-10(9,14)15/h1-2H,3-4,16H2. The summed E-state index contributed by atoms with van der Waals surface area (Å²) in [6.45, 7) is -0.277. The fourth-order valence-corrected chi connectivity index (χ4v) is 2.41. The van der Waals surface area contributed by atoms with Crippen LogP contribution in [0.15, 0.2) is 12.1 Å². The van der Waals surface area contributed by atoms with Crippen LogP contribution in [0.5, 0.6) is 0 Å². The van der Waals surface area contributed by atoms with Crippen LogP contribution in [-0.4, -0.2) is 12.5 Å². The third kappa shape index (κ3) is 1.51. The monoisotopic (exact) mass is 269 g/mol. The van der Waals surface area contributed by atoms with Gasteiger partial charge in [0.05, 0.1) is 10.4 Å². The average Bonchev–Trinajstić information content (AvgIpc) is 2.76. The van der Waals surface area contributed by atoms with Gasteiger partial charge in [-0.1, -0.05) is 23.2 Å². The van der Waals surface area contributed by atoms with Gasteiger partial charge in [0.2, 0.25) is 0 Å². The molecule has 1 aromatic carbocycles. The van der Waals surface area contributed by atoms with Crippen LogP contribution < -0.4 is 5.73 Å². The largest absolute Gasteiger partial charge is 0.329 e. The second kappa shape index (κ2) is 3.52. The molecule has 1 atom stereocenters. The summed E-state index contributed by atoms with van der Waals surface area (Å²) in [5, 5.41) is -0.168. The summed E-state index contributed by atoms with van der Waals surface area (Å²) >= 11 is 11.3. The van der Waals surface area contributed by atoms with E-state index in [1.54, 1.807) is 0 Å². The van der Waals surface area contributed by atoms with Crippen LogP contribution in [0.1, 0.15) is 12.0 Å². The maximum Gasteiger partial charge on any atom is 0.260 e. The zero-order valence-electron chi connectivity index (χ0n) is 8.04. The SMILES string of the molecule is NCC1(c2cc(F)c(Cl)cc2Cl)CC1(F)F. The van der Waals surface area contributed by atoms with E-state index in [-0.39, 0.29) is 22.2 Å². The smallest absolute Gasteiger partial charge is 0.260 e. The minimum Gasteiger partial charge on any atom is -0.329 e.